The molecule has 1 aliphatic rings. The number of esters is 1. The van der Waals surface area contributed by atoms with Gasteiger partial charge in [0.05, 0.1) is 6.26 Å². The van der Waals surface area contributed by atoms with E-state index in [1.807, 2.05) is 24.3 Å². The van der Waals surface area contributed by atoms with Gasteiger partial charge in [-0.05, 0) is 37.1 Å². The van der Waals surface area contributed by atoms with Gasteiger partial charge in [-0.1, -0.05) is 18.2 Å². The Kier molecular flexibility index (Phi) is 3.48. The van der Waals surface area contributed by atoms with E-state index in [2.05, 4.69) is 0 Å². The zero-order valence-corrected chi connectivity index (χ0v) is 11.6. The smallest absolute Gasteiger partial charge is 0.374 e. The molecule has 21 heavy (non-hydrogen) atoms. The molecule has 0 saturated heterocycles. The molecule has 1 aromatic heterocycles. The molecule has 1 amide bonds. The summed E-state index contributed by atoms with van der Waals surface area (Å²) in [5, 5.41) is 0. The second-order valence-corrected chi connectivity index (χ2v) is 4.89. The van der Waals surface area contributed by atoms with Gasteiger partial charge in [-0.3, -0.25) is 4.79 Å². The van der Waals surface area contributed by atoms with Gasteiger partial charge in [0, 0.05) is 12.2 Å². The Balaban J connectivity index is 1.70. The van der Waals surface area contributed by atoms with Crippen LogP contribution in [0.4, 0.5) is 5.69 Å². The van der Waals surface area contributed by atoms with E-state index < -0.39 is 12.1 Å². The predicted molar refractivity (Wildman–Crippen MR) is 76.1 cm³/mol. The third-order valence-electron chi connectivity index (χ3n) is 3.51. The van der Waals surface area contributed by atoms with E-state index in [0.717, 1.165) is 17.7 Å². The maximum Gasteiger partial charge on any atom is 0.374 e. The molecule has 1 atom stereocenters. The van der Waals surface area contributed by atoms with Gasteiger partial charge in [-0.25, -0.2) is 4.79 Å². The number of para-hydroxylation sites is 1. The first kappa shape index (κ1) is 13.4. The lowest BCUT2D eigenvalue weighted by Crippen LogP contribution is -2.39. The minimum atomic E-state index is -0.853. The van der Waals surface area contributed by atoms with Gasteiger partial charge < -0.3 is 14.1 Å². The molecular weight excluding hydrogens is 270 g/mol. The van der Waals surface area contributed by atoms with E-state index in [1.54, 1.807) is 17.9 Å². The molecule has 0 spiro atoms. The first-order valence-electron chi connectivity index (χ1n) is 6.80. The maximum absolute atomic E-state index is 12.4. The Bertz CT molecular complexity index is 663. The summed E-state index contributed by atoms with van der Waals surface area (Å²) < 4.78 is 10.1. The number of anilines is 1. The molecule has 5 heteroatoms. The number of carbonyl (C=O) groups is 2. The van der Waals surface area contributed by atoms with Gasteiger partial charge in [0.25, 0.3) is 5.91 Å². The number of benzene rings is 1. The van der Waals surface area contributed by atoms with E-state index in [4.69, 9.17) is 9.15 Å². The highest BCUT2D eigenvalue weighted by atomic mass is 16.6. The fourth-order valence-corrected chi connectivity index (χ4v) is 2.45. The number of rotatable bonds is 3. The fourth-order valence-electron chi connectivity index (χ4n) is 2.45. The summed E-state index contributed by atoms with van der Waals surface area (Å²) in [6.45, 7) is 2.19. The molecule has 108 valence electrons. The number of furan rings is 1. The van der Waals surface area contributed by atoms with Crippen molar-refractivity contribution in [3.63, 3.8) is 0 Å². The van der Waals surface area contributed by atoms with Gasteiger partial charge in [0.1, 0.15) is 0 Å². The number of ether oxygens (including phenoxy) is 1. The Hall–Kier alpha value is -2.56. The lowest BCUT2D eigenvalue weighted by Gasteiger charge is -2.21. The van der Waals surface area contributed by atoms with Crippen LogP contribution in [-0.4, -0.2) is 24.5 Å². The second kappa shape index (κ2) is 5.44. The van der Waals surface area contributed by atoms with E-state index in [1.165, 1.54) is 12.3 Å². The third kappa shape index (κ3) is 2.54. The molecule has 3 rings (SSSR count). The summed E-state index contributed by atoms with van der Waals surface area (Å²) in [7, 11) is 0. The molecule has 1 aliphatic heterocycles. The monoisotopic (exact) mass is 285 g/mol. The summed E-state index contributed by atoms with van der Waals surface area (Å²) in [6.07, 6.45) is 1.36. The summed E-state index contributed by atoms with van der Waals surface area (Å²) in [5.74, 6) is -0.760. The van der Waals surface area contributed by atoms with Gasteiger partial charge >= 0.3 is 5.97 Å². The molecule has 2 heterocycles. The van der Waals surface area contributed by atoms with Crippen molar-refractivity contribution >= 4 is 17.6 Å². The normalized spacial score (nSPS) is 14.6. The van der Waals surface area contributed by atoms with Gasteiger partial charge in [0.2, 0.25) is 5.76 Å². The number of hydrogen-bond donors (Lipinski definition) is 0. The lowest BCUT2D eigenvalue weighted by atomic mass is 10.2. The molecule has 0 aliphatic carbocycles. The van der Waals surface area contributed by atoms with Crippen molar-refractivity contribution in [2.75, 3.05) is 11.4 Å². The molecule has 0 saturated carbocycles. The molecular formula is C16H15NO4. The Morgan fingerprint density at radius 2 is 2.05 bits per heavy atom. The van der Waals surface area contributed by atoms with Crippen LogP contribution in [0, 0.1) is 0 Å². The van der Waals surface area contributed by atoms with Crippen LogP contribution in [0.15, 0.2) is 47.1 Å². The Morgan fingerprint density at radius 1 is 1.24 bits per heavy atom. The van der Waals surface area contributed by atoms with E-state index in [0.29, 0.717) is 6.54 Å². The van der Waals surface area contributed by atoms with E-state index in [9.17, 15) is 9.59 Å². The predicted octanol–water partition coefficient (Wildman–Crippen LogP) is 2.41. The van der Waals surface area contributed by atoms with Crippen LogP contribution in [0.25, 0.3) is 0 Å². The Morgan fingerprint density at radius 3 is 2.81 bits per heavy atom. The average molecular weight is 285 g/mol. The van der Waals surface area contributed by atoms with Crippen LogP contribution < -0.4 is 4.90 Å². The highest BCUT2D eigenvalue weighted by molar-refractivity contribution is 5.99. The van der Waals surface area contributed by atoms with Crippen LogP contribution in [0.2, 0.25) is 0 Å². The lowest BCUT2D eigenvalue weighted by molar-refractivity contribution is -0.126. The Labute approximate surface area is 122 Å². The molecule has 0 unspecified atom stereocenters. The summed E-state index contributed by atoms with van der Waals surface area (Å²) in [5.41, 5.74) is 2.03. The molecule has 0 fully saturated rings. The highest BCUT2D eigenvalue weighted by Gasteiger charge is 2.30. The second-order valence-electron chi connectivity index (χ2n) is 4.89. The maximum atomic E-state index is 12.4. The number of amides is 1. The van der Waals surface area contributed by atoms with Crippen LogP contribution in [0.5, 0.6) is 0 Å². The number of carbonyl (C=O) groups excluding carboxylic acids is 2. The van der Waals surface area contributed by atoms with Crippen LogP contribution >= 0.6 is 0 Å². The van der Waals surface area contributed by atoms with Crippen LogP contribution in [0.3, 0.4) is 0 Å². The summed E-state index contributed by atoms with van der Waals surface area (Å²) in [6, 6.07) is 10.9. The van der Waals surface area contributed by atoms with E-state index in [-0.39, 0.29) is 11.7 Å². The van der Waals surface area contributed by atoms with Crippen molar-refractivity contribution in [2.45, 2.75) is 19.4 Å². The summed E-state index contributed by atoms with van der Waals surface area (Å²) in [4.78, 5) is 25.9. The molecule has 0 bridgehead atoms. The largest absolute Gasteiger partial charge is 0.457 e. The quantitative estimate of drug-likeness (QED) is 0.813. The molecule has 0 radical (unpaired) electrons. The first-order valence-corrected chi connectivity index (χ1v) is 6.80. The molecule has 5 nitrogen and oxygen atoms in total. The third-order valence-corrected chi connectivity index (χ3v) is 3.51. The average Bonchev–Trinajstić information content (AvgIpc) is 3.15. The first-order chi connectivity index (χ1) is 10.2. The SMILES string of the molecule is C[C@@H](OC(=O)c1ccco1)C(=O)N1CCc2ccccc21. The number of fused-ring (bicyclic) bond motifs is 1. The highest BCUT2D eigenvalue weighted by Crippen LogP contribution is 2.28. The van der Waals surface area contributed by atoms with E-state index >= 15 is 0 Å². The van der Waals surface area contributed by atoms with Crippen LogP contribution in [-0.2, 0) is 16.0 Å². The van der Waals surface area contributed by atoms with Gasteiger partial charge in [0.15, 0.2) is 6.10 Å². The molecule has 2 aromatic rings. The van der Waals surface area contributed by atoms with Gasteiger partial charge in [-0.2, -0.15) is 0 Å². The molecule has 1 aromatic carbocycles. The zero-order valence-electron chi connectivity index (χ0n) is 11.6. The topological polar surface area (TPSA) is 59.8 Å². The number of hydrogen-bond acceptors (Lipinski definition) is 4. The van der Waals surface area contributed by atoms with Crippen LogP contribution in [0.1, 0.15) is 23.0 Å². The van der Waals surface area contributed by atoms with Crippen molar-refractivity contribution in [2.24, 2.45) is 0 Å². The standard InChI is InChI=1S/C16H15NO4/c1-11(21-16(19)14-7-4-10-20-14)15(18)17-9-8-12-5-2-3-6-13(12)17/h2-7,10-11H,8-9H2,1H3/t11-/m1/s1. The number of nitrogens with zero attached hydrogens (tertiary/aromatic N) is 1. The fraction of sp³-hybridized carbons (Fsp3) is 0.250. The zero-order chi connectivity index (χ0) is 14.8. The van der Waals surface area contributed by atoms with Crippen molar-refractivity contribution in [1.82, 2.24) is 0 Å². The van der Waals surface area contributed by atoms with Crippen molar-refractivity contribution < 1.29 is 18.7 Å². The molecule has 0 N–H and O–H groups in total. The van der Waals surface area contributed by atoms with Crippen molar-refractivity contribution in [1.29, 1.82) is 0 Å². The minimum absolute atomic E-state index is 0.0940. The minimum Gasteiger partial charge on any atom is -0.457 e. The van der Waals surface area contributed by atoms with Gasteiger partial charge in [-0.15, -0.1) is 0 Å². The van der Waals surface area contributed by atoms with Crippen molar-refractivity contribution in [3.05, 3.63) is 54.0 Å². The van der Waals surface area contributed by atoms with Crippen molar-refractivity contribution in [3.8, 4) is 0 Å². The summed E-state index contributed by atoms with van der Waals surface area (Å²) >= 11 is 0.